The second-order valence-corrected chi connectivity index (χ2v) is 5.16. The van der Waals surface area contributed by atoms with E-state index in [4.69, 9.17) is 22.1 Å². The van der Waals surface area contributed by atoms with Gasteiger partial charge < -0.3 is 10.5 Å². The van der Waals surface area contributed by atoms with Crippen LogP contribution in [0.2, 0.25) is 5.02 Å². The highest BCUT2D eigenvalue weighted by atomic mass is 35.5. The number of halogens is 4. The standard InChI is InChI=1S/C14H10ClF3N4O/c1-23-11-4-7(2-3-10(11)19)12-20-21-13-9(15)5-8(6-22(12)13)14(16,17)18/h2-6H,19H2,1H3. The summed E-state index contributed by atoms with van der Waals surface area (Å²) >= 11 is 5.88. The molecule has 0 aliphatic heterocycles. The number of methoxy groups -OCH3 is 1. The minimum absolute atomic E-state index is 0.130. The van der Waals surface area contributed by atoms with E-state index >= 15 is 0 Å². The fourth-order valence-corrected chi connectivity index (χ4v) is 2.40. The molecular weight excluding hydrogens is 333 g/mol. The van der Waals surface area contributed by atoms with E-state index in [1.165, 1.54) is 11.5 Å². The Kier molecular flexibility index (Phi) is 3.56. The van der Waals surface area contributed by atoms with E-state index in [1.807, 2.05) is 0 Å². The van der Waals surface area contributed by atoms with Gasteiger partial charge in [-0.3, -0.25) is 4.40 Å². The van der Waals surface area contributed by atoms with E-state index < -0.39 is 11.7 Å². The van der Waals surface area contributed by atoms with Crippen LogP contribution in [-0.4, -0.2) is 21.7 Å². The highest BCUT2D eigenvalue weighted by molar-refractivity contribution is 6.33. The Morgan fingerprint density at radius 1 is 1.22 bits per heavy atom. The molecule has 0 bridgehead atoms. The molecule has 0 saturated carbocycles. The molecule has 9 heteroatoms. The topological polar surface area (TPSA) is 65.4 Å². The van der Waals surface area contributed by atoms with Gasteiger partial charge in [-0.05, 0) is 24.3 Å². The zero-order valence-electron chi connectivity index (χ0n) is 11.7. The first-order valence-corrected chi connectivity index (χ1v) is 6.74. The molecule has 3 rings (SSSR count). The number of nitrogens with zero attached hydrogens (tertiary/aromatic N) is 3. The number of alkyl halides is 3. The van der Waals surface area contributed by atoms with Crippen LogP contribution in [-0.2, 0) is 6.18 Å². The molecule has 2 N–H and O–H groups in total. The van der Waals surface area contributed by atoms with Gasteiger partial charge in [0.25, 0.3) is 0 Å². The molecule has 3 aromatic rings. The summed E-state index contributed by atoms with van der Waals surface area (Å²) < 4.78 is 45.2. The van der Waals surface area contributed by atoms with Gasteiger partial charge in [0.15, 0.2) is 11.5 Å². The average Bonchev–Trinajstić information content (AvgIpc) is 2.91. The summed E-state index contributed by atoms with van der Waals surface area (Å²) in [5.74, 6) is 0.587. The van der Waals surface area contributed by atoms with Gasteiger partial charge >= 0.3 is 6.18 Å². The van der Waals surface area contributed by atoms with Gasteiger partial charge in [-0.25, -0.2) is 0 Å². The third kappa shape index (κ3) is 2.65. The van der Waals surface area contributed by atoms with Crippen molar-refractivity contribution in [3.8, 4) is 17.1 Å². The lowest BCUT2D eigenvalue weighted by atomic mass is 10.1. The number of nitrogens with two attached hydrogens (primary N) is 1. The van der Waals surface area contributed by atoms with Crippen molar-refractivity contribution in [2.24, 2.45) is 0 Å². The normalized spacial score (nSPS) is 11.9. The van der Waals surface area contributed by atoms with Gasteiger partial charge in [0.1, 0.15) is 5.75 Å². The summed E-state index contributed by atoms with van der Waals surface area (Å²) in [4.78, 5) is 0. The van der Waals surface area contributed by atoms with Crippen molar-refractivity contribution < 1.29 is 17.9 Å². The lowest BCUT2D eigenvalue weighted by Crippen LogP contribution is -2.07. The van der Waals surface area contributed by atoms with Crippen LogP contribution in [0, 0.1) is 0 Å². The molecule has 0 fully saturated rings. The molecule has 5 nitrogen and oxygen atoms in total. The Hall–Kier alpha value is -2.48. The zero-order chi connectivity index (χ0) is 16.8. The van der Waals surface area contributed by atoms with Crippen LogP contribution >= 0.6 is 11.6 Å². The fourth-order valence-electron chi connectivity index (χ4n) is 2.16. The summed E-state index contributed by atoms with van der Waals surface area (Å²) in [7, 11) is 1.44. The quantitative estimate of drug-likeness (QED) is 0.722. The molecule has 0 amide bonds. The molecule has 1 aromatic carbocycles. The van der Waals surface area contributed by atoms with Crippen LogP contribution in [0.15, 0.2) is 30.5 Å². The number of anilines is 1. The third-order valence-electron chi connectivity index (χ3n) is 3.28. The Morgan fingerprint density at radius 3 is 2.61 bits per heavy atom. The van der Waals surface area contributed by atoms with Crippen LogP contribution in [0.25, 0.3) is 17.0 Å². The van der Waals surface area contributed by atoms with Crippen LogP contribution in [0.3, 0.4) is 0 Å². The van der Waals surface area contributed by atoms with E-state index in [0.717, 1.165) is 12.3 Å². The molecule has 0 spiro atoms. The van der Waals surface area contributed by atoms with Crippen molar-refractivity contribution in [2.45, 2.75) is 6.18 Å². The van der Waals surface area contributed by atoms with Crippen molar-refractivity contribution in [2.75, 3.05) is 12.8 Å². The van der Waals surface area contributed by atoms with Crippen molar-refractivity contribution in [1.29, 1.82) is 0 Å². The smallest absolute Gasteiger partial charge is 0.417 e. The van der Waals surface area contributed by atoms with Crippen LogP contribution < -0.4 is 10.5 Å². The first-order valence-electron chi connectivity index (χ1n) is 6.36. The molecule has 0 aliphatic carbocycles. The van der Waals surface area contributed by atoms with E-state index in [1.54, 1.807) is 18.2 Å². The highest BCUT2D eigenvalue weighted by Gasteiger charge is 2.32. The number of hydrogen-bond donors (Lipinski definition) is 1. The molecular formula is C14H10ClF3N4O. The molecule has 0 saturated heterocycles. The van der Waals surface area contributed by atoms with Crippen molar-refractivity contribution in [3.05, 3.63) is 41.0 Å². The van der Waals surface area contributed by atoms with Gasteiger partial charge in [-0.15, -0.1) is 10.2 Å². The Bertz CT molecular complexity index is 892. The fraction of sp³-hybridized carbons (Fsp3) is 0.143. The van der Waals surface area contributed by atoms with Gasteiger partial charge in [0.05, 0.1) is 23.4 Å². The maximum absolute atomic E-state index is 13.0. The number of benzene rings is 1. The van der Waals surface area contributed by atoms with Gasteiger partial charge in [0.2, 0.25) is 0 Å². The van der Waals surface area contributed by atoms with Gasteiger partial charge in [-0.2, -0.15) is 13.2 Å². The van der Waals surface area contributed by atoms with Crippen LogP contribution in [0.5, 0.6) is 5.75 Å². The first-order chi connectivity index (χ1) is 10.8. The summed E-state index contributed by atoms with van der Waals surface area (Å²) in [6.07, 6.45) is -3.63. The lowest BCUT2D eigenvalue weighted by Gasteiger charge is -2.10. The maximum Gasteiger partial charge on any atom is 0.417 e. The third-order valence-corrected chi connectivity index (χ3v) is 3.56. The van der Waals surface area contributed by atoms with Crippen LogP contribution in [0.1, 0.15) is 5.56 Å². The minimum Gasteiger partial charge on any atom is -0.495 e. The van der Waals surface area contributed by atoms with Gasteiger partial charge in [-0.1, -0.05) is 11.6 Å². The van der Waals surface area contributed by atoms with E-state index in [2.05, 4.69) is 10.2 Å². The van der Waals surface area contributed by atoms with Crippen molar-refractivity contribution in [3.63, 3.8) is 0 Å². The lowest BCUT2D eigenvalue weighted by molar-refractivity contribution is -0.137. The molecule has 0 aliphatic rings. The zero-order valence-corrected chi connectivity index (χ0v) is 12.5. The predicted molar refractivity (Wildman–Crippen MR) is 79.4 cm³/mol. The Balaban J connectivity index is 2.24. The number of ether oxygens (including phenoxy) is 1. The summed E-state index contributed by atoms with van der Waals surface area (Å²) in [5.41, 5.74) is 5.87. The van der Waals surface area contributed by atoms with Gasteiger partial charge in [0, 0.05) is 11.8 Å². The monoisotopic (exact) mass is 342 g/mol. The molecule has 0 atom stereocenters. The summed E-state index contributed by atoms with van der Waals surface area (Å²) in [6, 6.07) is 5.58. The van der Waals surface area contributed by atoms with E-state index in [-0.39, 0.29) is 16.5 Å². The molecule has 0 unspecified atom stereocenters. The predicted octanol–water partition coefficient (Wildman–Crippen LogP) is 3.66. The second-order valence-electron chi connectivity index (χ2n) is 4.75. The highest BCUT2D eigenvalue weighted by Crippen LogP contribution is 2.34. The number of nitrogen functional groups attached to an aromatic ring is 1. The molecule has 2 heterocycles. The van der Waals surface area contributed by atoms with Crippen molar-refractivity contribution in [1.82, 2.24) is 14.6 Å². The number of aromatic nitrogens is 3. The molecule has 0 radical (unpaired) electrons. The van der Waals surface area contributed by atoms with Crippen LogP contribution in [0.4, 0.5) is 18.9 Å². The number of fused-ring (bicyclic) bond motifs is 1. The Morgan fingerprint density at radius 2 is 1.96 bits per heavy atom. The number of rotatable bonds is 2. The first kappa shape index (κ1) is 15.4. The molecule has 2 aromatic heterocycles. The Labute approximate surface area is 133 Å². The molecule has 23 heavy (non-hydrogen) atoms. The second kappa shape index (κ2) is 5.31. The van der Waals surface area contributed by atoms with E-state index in [0.29, 0.717) is 17.0 Å². The van der Waals surface area contributed by atoms with Crippen molar-refractivity contribution >= 4 is 22.9 Å². The SMILES string of the molecule is COc1cc(-c2nnc3c(Cl)cc(C(F)(F)F)cn23)ccc1N. The molecule has 120 valence electrons. The average molecular weight is 343 g/mol. The summed E-state index contributed by atoms with van der Waals surface area (Å²) in [5, 5.41) is 7.62. The summed E-state index contributed by atoms with van der Waals surface area (Å²) in [6.45, 7) is 0. The number of pyridine rings is 1. The largest absolute Gasteiger partial charge is 0.495 e. The maximum atomic E-state index is 13.0. The minimum atomic E-state index is -4.53. The number of hydrogen-bond acceptors (Lipinski definition) is 4. The van der Waals surface area contributed by atoms with E-state index in [9.17, 15) is 13.2 Å².